The number of benzene rings is 1. The molecular formula is C24H18GdN4. The molecule has 4 N–H and O–H groups in total. The number of hydrogen-bond donors (Lipinski definition) is 4. The van der Waals surface area contributed by atoms with Gasteiger partial charge in [-0.3, -0.25) is 0 Å². The Labute approximate surface area is 198 Å². The molecule has 0 saturated carbocycles. The predicted molar refractivity (Wildman–Crippen MR) is 113 cm³/mol. The molecule has 5 aromatic rings. The summed E-state index contributed by atoms with van der Waals surface area (Å²) in [6.45, 7) is 0. The third-order valence-electron chi connectivity index (χ3n) is 5.19. The zero-order valence-corrected chi connectivity index (χ0v) is 17.7. The van der Waals surface area contributed by atoms with E-state index in [2.05, 4.69) is 105 Å². The summed E-state index contributed by atoms with van der Waals surface area (Å²) in [6.07, 6.45) is 8.56. The van der Waals surface area contributed by atoms with Crippen molar-refractivity contribution in [2.45, 2.75) is 0 Å². The van der Waals surface area contributed by atoms with Crippen LogP contribution >= 0.6 is 0 Å². The van der Waals surface area contributed by atoms with Crippen molar-refractivity contribution in [1.29, 1.82) is 0 Å². The van der Waals surface area contributed by atoms with Crippen molar-refractivity contribution in [1.82, 2.24) is 19.9 Å². The third kappa shape index (κ3) is 3.46. The molecule has 0 aliphatic carbocycles. The molecule has 5 heteroatoms. The van der Waals surface area contributed by atoms with Gasteiger partial charge >= 0.3 is 0 Å². The van der Waals surface area contributed by atoms with E-state index >= 15 is 0 Å². The molecule has 8 bridgehead atoms. The van der Waals surface area contributed by atoms with Crippen LogP contribution in [0.3, 0.4) is 0 Å². The van der Waals surface area contributed by atoms with Crippen LogP contribution in [0.1, 0.15) is 22.8 Å². The topological polar surface area (TPSA) is 63.2 Å². The average Bonchev–Trinajstić information content (AvgIpc) is 3.47. The van der Waals surface area contributed by atoms with Gasteiger partial charge in [0, 0.05) is 94.9 Å². The van der Waals surface area contributed by atoms with Crippen LogP contribution in [-0.4, -0.2) is 19.9 Å². The Morgan fingerprint density at radius 1 is 0.414 bits per heavy atom. The standard InChI is InChI=1S/C24H18N4.Gd/c1-2-4-22-21(3-1)23-13-19-9-7-17(26-19)11-15-5-6-16(25-15)12-18-8-10-20(27-18)14-24(22)28-23;/h1-14,25-28H;. The Bertz CT molecular complexity index is 1460. The zero-order chi connectivity index (χ0) is 18.5. The molecule has 1 aromatic carbocycles. The molecule has 0 saturated heterocycles. The van der Waals surface area contributed by atoms with E-state index in [0.717, 1.165) is 44.2 Å². The van der Waals surface area contributed by atoms with E-state index in [-0.39, 0.29) is 39.9 Å². The van der Waals surface area contributed by atoms with E-state index in [1.165, 1.54) is 10.8 Å². The van der Waals surface area contributed by atoms with Gasteiger partial charge in [0.2, 0.25) is 0 Å². The molecule has 5 heterocycles. The van der Waals surface area contributed by atoms with Crippen LogP contribution in [0.25, 0.3) is 35.1 Å². The van der Waals surface area contributed by atoms with Gasteiger partial charge in [0.25, 0.3) is 0 Å². The Hall–Kier alpha value is -2.60. The summed E-state index contributed by atoms with van der Waals surface area (Å²) < 4.78 is 0. The first-order chi connectivity index (χ1) is 13.8. The Morgan fingerprint density at radius 3 is 1.34 bits per heavy atom. The van der Waals surface area contributed by atoms with Crippen molar-refractivity contribution in [2.75, 3.05) is 0 Å². The first-order valence-corrected chi connectivity index (χ1v) is 9.37. The van der Waals surface area contributed by atoms with Gasteiger partial charge in [-0.25, -0.2) is 0 Å². The maximum Gasteiger partial charge on any atom is 0.0485 e. The number of aromatic nitrogens is 4. The molecule has 0 amide bonds. The van der Waals surface area contributed by atoms with Crippen molar-refractivity contribution in [2.24, 2.45) is 0 Å². The smallest absolute Gasteiger partial charge is 0.0485 e. The summed E-state index contributed by atoms with van der Waals surface area (Å²) in [6, 6.07) is 21.1. The molecule has 0 fully saturated rings. The minimum atomic E-state index is 0. The van der Waals surface area contributed by atoms with Crippen LogP contribution in [0.4, 0.5) is 0 Å². The zero-order valence-electron chi connectivity index (χ0n) is 15.4. The second kappa shape index (κ2) is 7.34. The minimum Gasteiger partial charge on any atom is -0.355 e. The van der Waals surface area contributed by atoms with Gasteiger partial charge in [0.15, 0.2) is 0 Å². The van der Waals surface area contributed by atoms with Crippen LogP contribution in [0.15, 0.2) is 60.7 Å². The fourth-order valence-corrected chi connectivity index (χ4v) is 3.90. The largest absolute Gasteiger partial charge is 0.355 e. The molecule has 1 aliphatic rings. The van der Waals surface area contributed by atoms with Gasteiger partial charge in [0.05, 0.1) is 0 Å². The first-order valence-electron chi connectivity index (χ1n) is 9.37. The van der Waals surface area contributed by atoms with E-state index in [9.17, 15) is 0 Å². The van der Waals surface area contributed by atoms with Crippen LogP contribution < -0.4 is 21.4 Å². The number of hydrogen-bond acceptors (Lipinski definition) is 0. The maximum absolute atomic E-state index is 3.59. The Kier molecular flexibility index (Phi) is 4.67. The number of rotatable bonds is 0. The summed E-state index contributed by atoms with van der Waals surface area (Å²) in [7, 11) is 0. The van der Waals surface area contributed by atoms with Gasteiger partial charge in [-0.1, -0.05) is 24.3 Å². The number of fused-ring (bicyclic) bond motifs is 11. The molecule has 0 unspecified atom stereocenters. The van der Waals surface area contributed by atoms with Gasteiger partial charge in [-0.15, -0.1) is 0 Å². The molecular weight excluding hydrogens is 502 g/mol. The Morgan fingerprint density at radius 2 is 0.862 bits per heavy atom. The van der Waals surface area contributed by atoms with E-state index in [4.69, 9.17) is 0 Å². The molecule has 29 heavy (non-hydrogen) atoms. The molecule has 4 nitrogen and oxygen atoms in total. The fraction of sp³-hybridized carbons (Fsp3) is 0. The van der Waals surface area contributed by atoms with Gasteiger partial charge in [-0.05, 0) is 60.7 Å². The molecule has 142 valence electrons. The van der Waals surface area contributed by atoms with Gasteiger partial charge in [-0.2, -0.15) is 0 Å². The van der Waals surface area contributed by atoms with E-state index in [1.807, 2.05) is 0 Å². The first kappa shape index (κ1) is 18.4. The molecule has 0 radical (unpaired) electrons. The molecule has 6 rings (SSSR count). The Balaban J connectivity index is 0.00000181. The van der Waals surface area contributed by atoms with Crippen LogP contribution in [0.5, 0.6) is 0 Å². The van der Waals surface area contributed by atoms with Gasteiger partial charge < -0.3 is 19.9 Å². The van der Waals surface area contributed by atoms with Gasteiger partial charge in [0.1, 0.15) is 0 Å². The number of H-pyrrole nitrogens is 4. The minimum absolute atomic E-state index is 0. The summed E-state index contributed by atoms with van der Waals surface area (Å²) in [5, 5.41) is 6.76. The SMILES string of the molecule is C1=c2ccc([nH]2)=Cc2ccc([nH]2)C=c2[nH]c(c3ccccc23)=Cc2ccc1[nH]2.[Gd]. The molecule has 4 aromatic heterocycles. The van der Waals surface area contributed by atoms with Crippen LogP contribution in [0, 0.1) is 39.9 Å². The number of nitrogens with one attached hydrogen (secondary N) is 4. The van der Waals surface area contributed by atoms with Crippen molar-refractivity contribution < 1.29 is 39.9 Å². The summed E-state index contributed by atoms with van der Waals surface area (Å²) >= 11 is 0. The normalized spacial score (nSPS) is 12.3. The average molecular weight is 520 g/mol. The monoisotopic (exact) mass is 520 g/mol. The van der Waals surface area contributed by atoms with E-state index in [0.29, 0.717) is 0 Å². The van der Waals surface area contributed by atoms with Crippen molar-refractivity contribution in [3.8, 4) is 0 Å². The summed E-state index contributed by atoms with van der Waals surface area (Å²) in [5.74, 6) is 0. The maximum atomic E-state index is 3.59. The number of aromatic amines is 4. The third-order valence-corrected chi connectivity index (χ3v) is 5.19. The summed E-state index contributed by atoms with van der Waals surface area (Å²) in [4.78, 5) is 14.0. The van der Waals surface area contributed by atoms with Crippen LogP contribution in [0.2, 0.25) is 0 Å². The molecule has 0 atom stereocenters. The second-order valence-corrected chi connectivity index (χ2v) is 7.18. The molecule has 1 aliphatic heterocycles. The van der Waals surface area contributed by atoms with Crippen molar-refractivity contribution >= 4 is 35.1 Å². The van der Waals surface area contributed by atoms with E-state index < -0.39 is 0 Å². The van der Waals surface area contributed by atoms with Crippen LogP contribution in [-0.2, 0) is 0 Å². The fourth-order valence-electron chi connectivity index (χ4n) is 3.90. The van der Waals surface area contributed by atoms with Crippen molar-refractivity contribution in [3.63, 3.8) is 0 Å². The quantitative estimate of drug-likeness (QED) is 0.237. The summed E-state index contributed by atoms with van der Waals surface area (Å²) in [5.41, 5.74) is 4.27. The predicted octanol–water partition coefficient (Wildman–Crippen LogP) is 1.78. The molecule has 0 spiro atoms. The van der Waals surface area contributed by atoms with Crippen molar-refractivity contribution in [3.05, 3.63) is 105 Å². The van der Waals surface area contributed by atoms with E-state index in [1.54, 1.807) is 0 Å². The second-order valence-electron chi connectivity index (χ2n) is 7.18.